The molecule has 1 aromatic carbocycles. The minimum absolute atomic E-state index is 0.00777. The SMILES string of the molecule is CCOc1ccccc1C(N)C(C)OCC. The second kappa shape index (κ2) is 6.51. The maximum absolute atomic E-state index is 6.15. The summed E-state index contributed by atoms with van der Waals surface area (Å²) in [5.41, 5.74) is 7.16. The summed E-state index contributed by atoms with van der Waals surface area (Å²) in [6, 6.07) is 7.70. The summed E-state index contributed by atoms with van der Waals surface area (Å²) in [5.74, 6) is 0.851. The second-order valence-electron chi connectivity index (χ2n) is 3.66. The first kappa shape index (κ1) is 13.0. The summed E-state index contributed by atoms with van der Waals surface area (Å²) >= 11 is 0. The van der Waals surface area contributed by atoms with Gasteiger partial charge in [-0.25, -0.2) is 0 Å². The summed E-state index contributed by atoms with van der Waals surface area (Å²) in [6.45, 7) is 7.24. The molecule has 0 saturated carbocycles. The van der Waals surface area contributed by atoms with Gasteiger partial charge >= 0.3 is 0 Å². The van der Waals surface area contributed by atoms with E-state index in [0.717, 1.165) is 11.3 Å². The molecular formula is C13H21NO2. The molecule has 3 heteroatoms. The molecule has 1 rings (SSSR count). The number of rotatable bonds is 6. The third-order valence-electron chi connectivity index (χ3n) is 2.51. The van der Waals surface area contributed by atoms with Crippen molar-refractivity contribution in [2.75, 3.05) is 13.2 Å². The van der Waals surface area contributed by atoms with Crippen LogP contribution >= 0.6 is 0 Å². The largest absolute Gasteiger partial charge is 0.494 e. The lowest BCUT2D eigenvalue weighted by Crippen LogP contribution is -2.26. The van der Waals surface area contributed by atoms with E-state index in [-0.39, 0.29) is 12.1 Å². The standard InChI is InChI=1S/C13H21NO2/c1-4-15-10(3)13(14)11-8-6-7-9-12(11)16-5-2/h6-10,13H,4-5,14H2,1-3H3. The third kappa shape index (κ3) is 3.22. The van der Waals surface area contributed by atoms with Crippen molar-refractivity contribution in [3.8, 4) is 5.75 Å². The van der Waals surface area contributed by atoms with E-state index in [1.165, 1.54) is 0 Å². The van der Waals surface area contributed by atoms with Crippen LogP contribution in [0.5, 0.6) is 5.75 Å². The Morgan fingerprint density at radius 2 is 1.88 bits per heavy atom. The van der Waals surface area contributed by atoms with Crippen molar-refractivity contribution in [3.63, 3.8) is 0 Å². The molecule has 0 spiro atoms. The zero-order valence-corrected chi connectivity index (χ0v) is 10.3. The highest BCUT2D eigenvalue weighted by molar-refractivity contribution is 5.36. The van der Waals surface area contributed by atoms with Crippen LogP contribution in [-0.2, 0) is 4.74 Å². The minimum atomic E-state index is -0.150. The van der Waals surface area contributed by atoms with Crippen LogP contribution in [0.3, 0.4) is 0 Å². The molecule has 0 amide bonds. The predicted octanol–water partition coefficient (Wildman–Crippen LogP) is 2.51. The predicted molar refractivity (Wildman–Crippen MR) is 65.6 cm³/mol. The molecule has 0 aromatic heterocycles. The molecule has 0 fully saturated rings. The zero-order chi connectivity index (χ0) is 12.0. The first-order valence-corrected chi connectivity index (χ1v) is 5.79. The van der Waals surface area contributed by atoms with Gasteiger partial charge in [0.1, 0.15) is 5.75 Å². The van der Waals surface area contributed by atoms with Gasteiger partial charge in [-0.1, -0.05) is 18.2 Å². The highest BCUT2D eigenvalue weighted by atomic mass is 16.5. The van der Waals surface area contributed by atoms with Crippen LogP contribution in [0.4, 0.5) is 0 Å². The molecule has 0 radical (unpaired) electrons. The van der Waals surface area contributed by atoms with Crippen molar-refractivity contribution in [1.82, 2.24) is 0 Å². The van der Waals surface area contributed by atoms with Gasteiger partial charge in [-0.15, -0.1) is 0 Å². The van der Waals surface area contributed by atoms with Gasteiger partial charge in [-0.05, 0) is 26.8 Å². The summed E-state index contributed by atoms with van der Waals surface area (Å²) in [6.07, 6.45) is -0.00777. The fraction of sp³-hybridized carbons (Fsp3) is 0.538. The number of ether oxygens (including phenoxy) is 2. The van der Waals surface area contributed by atoms with E-state index in [0.29, 0.717) is 13.2 Å². The van der Waals surface area contributed by atoms with Gasteiger partial charge in [-0.2, -0.15) is 0 Å². The zero-order valence-electron chi connectivity index (χ0n) is 10.3. The van der Waals surface area contributed by atoms with E-state index in [1.54, 1.807) is 0 Å². The molecule has 0 heterocycles. The number of hydrogen-bond donors (Lipinski definition) is 1. The summed E-state index contributed by atoms with van der Waals surface area (Å²) in [7, 11) is 0. The van der Waals surface area contributed by atoms with E-state index in [9.17, 15) is 0 Å². The lowest BCUT2D eigenvalue weighted by atomic mass is 10.0. The van der Waals surface area contributed by atoms with Crippen LogP contribution in [0.1, 0.15) is 32.4 Å². The summed E-state index contributed by atoms with van der Waals surface area (Å²) in [4.78, 5) is 0. The molecule has 3 nitrogen and oxygen atoms in total. The van der Waals surface area contributed by atoms with Crippen LogP contribution in [-0.4, -0.2) is 19.3 Å². The molecule has 0 bridgehead atoms. The lowest BCUT2D eigenvalue weighted by molar-refractivity contribution is 0.0567. The van der Waals surface area contributed by atoms with Gasteiger partial charge < -0.3 is 15.2 Å². The molecule has 2 N–H and O–H groups in total. The number of hydrogen-bond acceptors (Lipinski definition) is 3. The van der Waals surface area contributed by atoms with E-state index < -0.39 is 0 Å². The van der Waals surface area contributed by atoms with Crippen molar-refractivity contribution in [3.05, 3.63) is 29.8 Å². The number of benzene rings is 1. The van der Waals surface area contributed by atoms with Crippen LogP contribution in [0.15, 0.2) is 24.3 Å². The van der Waals surface area contributed by atoms with Crippen molar-refractivity contribution in [2.45, 2.75) is 32.9 Å². The van der Waals surface area contributed by atoms with Crippen LogP contribution in [0.2, 0.25) is 0 Å². The smallest absolute Gasteiger partial charge is 0.124 e. The Labute approximate surface area is 97.6 Å². The lowest BCUT2D eigenvalue weighted by Gasteiger charge is -2.22. The first-order valence-electron chi connectivity index (χ1n) is 5.79. The quantitative estimate of drug-likeness (QED) is 0.806. The molecule has 90 valence electrons. The van der Waals surface area contributed by atoms with Gasteiger partial charge in [0.25, 0.3) is 0 Å². The van der Waals surface area contributed by atoms with Gasteiger partial charge in [0.2, 0.25) is 0 Å². The molecule has 0 aliphatic rings. The topological polar surface area (TPSA) is 44.5 Å². The maximum Gasteiger partial charge on any atom is 0.124 e. The van der Waals surface area contributed by atoms with Gasteiger partial charge in [-0.3, -0.25) is 0 Å². The average molecular weight is 223 g/mol. The molecule has 0 aliphatic carbocycles. The highest BCUT2D eigenvalue weighted by Gasteiger charge is 2.18. The Morgan fingerprint density at radius 3 is 2.50 bits per heavy atom. The Bertz CT molecular complexity index is 315. The van der Waals surface area contributed by atoms with Crippen molar-refractivity contribution < 1.29 is 9.47 Å². The second-order valence-corrected chi connectivity index (χ2v) is 3.66. The number of nitrogens with two attached hydrogens (primary N) is 1. The van der Waals surface area contributed by atoms with E-state index in [1.807, 2.05) is 45.0 Å². The Kier molecular flexibility index (Phi) is 5.29. The van der Waals surface area contributed by atoms with Crippen molar-refractivity contribution >= 4 is 0 Å². The fourth-order valence-corrected chi connectivity index (χ4v) is 1.66. The Hall–Kier alpha value is -1.06. The van der Waals surface area contributed by atoms with E-state index in [2.05, 4.69) is 0 Å². The monoisotopic (exact) mass is 223 g/mol. The van der Waals surface area contributed by atoms with Crippen LogP contribution in [0, 0.1) is 0 Å². The van der Waals surface area contributed by atoms with Gasteiger partial charge in [0, 0.05) is 12.2 Å². The van der Waals surface area contributed by atoms with Crippen LogP contribution in [0.25, 0.3) is 0 Å². The van der Waals surface area contributed by atoms with E-state index in [4.69, 9.17) is 15.2 Å². The first-order chi connectivity index (χ1) is 7.70. The highest BCUT2D eigenvalue weighted by Crippen LogP contribution is 2.26. The van der Waals surface area contributed by atoms with Gasteiger partial charge in [0.05, 0.1) is 18.8 Å². The molecule has 1 aromatic rings. The molecule has 2 atom stereocenters. The number of para-hydroxylation sites is 1. The fourth-order valence-electron chi connectivity index (χ4n) is 1.66. The molecule has 16 heavy (non-hydrogen) atoms. The Balaban J connectivity index is 2.84. The molecule has 0 aliphatic heterocycles. The summed E-state index contributed by atoms with van der Waals surface area (Å²) in [5, 5.41) is 0. The molecule has 0 saturated heterocycles. The molecular weight excluding hydrogens is 202 g/mol. The average Bonchev–Trinajstić information content (AvgIpc) is 2.29. The Morgan fingerprint density at radius 1 is 1.19 bits per heavy atom. The van der Waals surface area contributed by atoms with Gasteiger partial charge in [0.15, 0.2) is 0 Å². The molecule has 2 unspecified atom stereocenters. The summed E-state index contributed by atoms with van der Waals surface area (Å²) < 4.78 is 11.1. The van der Waals surface area contributed by atoms with Crippen molar-refractivity contribution in [1.29, 1.82) is 0 Å². The normalized spacial score (nSPS) is 14.5. The van der Waals surface area contributed by atoms with Crippen molar-refractivity contribution in [2.24, 2.45) is 5.73 Å². The maximum atomic E-state index is 6.15. The third-order valence-corrected chi connectivity index (χ3v) is 2.51. The minimum Gasteiger partial charge on any atom is -0.494 e. The van der Waals surface area contributed by atoms with Crippen LogP contribution < -0.4 is 10.5 Å². The van der Waals surface area contributed by atoms with E-state index >= 15 is 0 Å².